The van der Waals surface area contributed by atoms with Gasteiger partial charge < -0.3 is 4.57 Å². The van der Waals surface area contributed by atoms with Crippen molar-refractivity contribution >= 4 is 82.0 Å². The summed E-state index contributed by atoms with van der Waals surface area (Å²) in [6.07, 6.45) is 0. The average Bonchev–Trinajstić information content (AvgIpc) is 3.89. The SMILES string of the molecule is c1ccc2c(c1)ccc1c2c2ccccc2n1-c1ccc(-c2ccc3c4ccccc4n(-c4nc5ccccc5c5nc6ccccc6n45)c3c2)cc1. The monoisotopic (exact) mass is 675 g/mol. The lowest BCUT2D eigenvalue weighted by Gasteiger charge is -2.13. The van der Waals surface area contributed by atoms with Gasteiger partial charge in [0.2, 0.25) is 5.95 Å². The van der Waals surface area contributed by atoms with E-state index in [-0.39, 0.29) is 0 Å². The van der Waals surface area contributed by atoms with Crippen LogP contribution in [0.25, 0.3) is 105 Å². The van der Waals surface area contributed by atoms with Crippen LogP contribution < -0.4 is 0 Å². The molecular formula is C48H29N5. The van der Waals surface area contributed by atoms with Crippen LogP contribution in [-0.2, 0) is 0 Å². The van der Waals surface area contributed by atoms with Gasteiger partial charge in [0.1, 0.15) is 5.65 Å². The standard InChI is InChI=1S/C48H29N5/c1-2-12-34-31(11-1)24-28-44-46(34)38-15-5-9-19-42(38)51(44)33-25-21-30(22-26-33)32-23-27-36-35-13-4-8-18-41(35)52(45(36)29-32)48-50-39-16-6-3-14-37(39)47-49-40-17-7-10-20-43(40)53(47)48/h1-29H. The Bertz CT molecular complexity index is 3450. The number of fused-ring (bicyclic) bond motifs is 13. The Hall–Kier alpha value is -7.24. The molecule has 5 nitrogen and oxygen atoms in total. The fourth-order valence-electron chi connectivity index (χ4n) is 8.66. The zero-order valence-corrected chi connectivity index (χ0v) is 28.5. The molecule has 0 aliphatic carbocycles. The van der Waals surface area contributed by atoms with Crippen molar-refractivity contribution in [3.63, 3.8) is 0 Å². The molecule has 0 radical (unpaired) electrons. The van der Waals surface area contributed by atoms with Crippen molar-refractivity contribution in [2.45, 2.75) is 0 Å². The molecule has 12 aromatic rings. The highest BCUT2D eigenvalue weighted by Gasteiger charge is 2.20. The number of hydrogen-bond acceptors (Lipinski definition) is 2. The van der Waals surface area contributed by atoms with E-state index < -0.39 is 0 Å². The minimum Gasteiger partial charge on any atom is -0.309 e. The van der Waals surface area contributed by atoms with Crippen molar-refractivity contribution in [1.29, 1.82) is 0 Å². The van der Waals surface area contributed by atoms with Crippen LogP contribution in [0.3, 0.4) is 0 Å². The second-order valence-electron chi connectivity index (χ2n) is 13.9. The molecule has 0 fully saturated rings. The third-order valence-electron chi connectivity index (χ3n) is 11.0. The predicted molar refractivity (Wildman–Crippen MR) is 220 cm³/mol. The molecule has 0 saturated carbocycles. The van der Waals surface area contributed by atoms with E-state index in [1.165, 1.54) is 43.4 Å². The molecule has 0 unspecified atom stereocenters. The largest absolute Gasteiger partial charge is 0.309 e. The van der Waals surface area contributed by atoms with Gasteiger partial charge in [0.25, 0.3) is 0 Å². The molecule has 0 saturated heterocycles. The van der Waals surface area contributed by atoms with Crippen molar-refractivity contribution in [2.75, 3.05) is 0 Å². The molecule has 0 amide bonds. The maximum atomic E-state index is 5.36. The summed E-state index contributed by atoms with van der Waals surface area (Å²) in [5.74, 6) is 0.824. The number of hydrogen-bond donors (Lipinski definition) is 0. The van der Waals surface area contributed by atoms with Crippen molar-refractivity contribution in [3.8, 4) is 22.8 Å². The van der Waals surface area contributed by atoms with Gasteiger partial charge in [-0.25, -0.2) is 9.97 Å². The van der Waals surface area contributed by atoms with Crippen molar-refractivity contribution in [2.24, 2.45) is 0 Å². The minimum absolute atomic E-state index is 0.824. The van der Waals surface area contributed by atoms with Crippen LogP contribution >= 0.6 is 0 Å². The lowest BCUT2D eigenvalue weighted by atomic mass is 10.0. The van der Waals surface area contributed by atoms with Crippen molar-refractivity contribution in [1.82, 2.24) is 23.5 Å². The Morgan fingerprint density at radius 1 is 0.358 bits per heavy atom. The van der Waals surface area contributed by atoms with E-state index in [1.54, 1.807) is 0 Å². The van der Waals surface area contributed by atoms with Crippen molar-refractivity contribution in [3.05, 3.63) is 176 Å². The molecule has 8 aromatic carbocycles. The number of benzene rings is 8. The van der Waals surface area contributed by atoms with E-state index in [9.17, 15) is 0 Å². The summed E-state index contributed by atoms with van der Waals surface area (Å²) in [5.41, 5.74) is 11.9. The number of imidazole rings is 1. The van der Waals surface area contributed by atoms with Crippen LogP contribution in [0.1, 0.15) is 0 Å². The van der Waals surface area contributed by atoms with Gasteiger partial charge in [0.15, 0.2) is 0 Å². The fourth-order valence-corrected chi connectivity index (χ4v) is 8.66. The Morgan fingerprint density at radius 3 is 1.81 bits per heavy atom. The second-order valence-corrected chi connectivity index (χ2v) is 13.9. The lowest BCUT2D eigenvalue weighted by Crippen LogP contribution is -2.06. The van der Waals surface area contributed by atoms with Crippen LogP contribution in [0.4, 0.5) is 0 Å². The Balaban J connectivity index is 1.07. The van der Waals surface area contributed by atoms with Gasteiger partial charge in [0.05, 0.1) is 38.6 Å². The maximum Gasteiger partial charge on any atom is 0.221 e. The molecule has 5 heteroatoms. The first-order valence-electron chi connectivity index (χ1n) is 18.0. The number of aromatic nitrogens is 5. The number of rotatable bonds is 3. The van der Waals surface area contributed by atoms with Gasteiger partial charge in [-0.3, -0.25) is 8.97 Å². The van der Waals surface area contributed by atoms with E-state index in [1.807, 2.05) is 12.1 Å². The quantitative estimate of drug-likeness (QED) is 0.187. The zero-order chi connectivity index (χ0) is 34.6. The first-order chi connectivity index (χ1) is 26.3. The Kier molecular flexibility index (Phi) is 5.71. The zero-order valence-electron chi connectivity index (χ0n) is 28.5. The molecule has 0 spiro atoms. The number of para-hydroxylation sites is 5. The molecule has 4 aromatic heterocycles. The molecule has 0 atom stereocenters. The molecule has 0 bridgehead atoms. The maximum absolute atomic E-state index is 5.36. The van der Waals surface area contributed by atoms with Crippen LogP contribution in [-0.4, -0.2) is 23.5 Å². The molecule has 12 rings (SSSR count). The summed E-state index contributed by atoms with van der Waals surface area (Å²) in [5, 5.41) is 8.51. The van der Waals surface area contributed by atoms with Crippen LogP contribution in [0.5, 0.6) is 0 Å². The molecular weight excluding hydrogens is 647 g/mol. The van der Waals surface area contributed by atoms with Gasteiger partial charge in [0, 0.05) is 32.6 Å². The second kappa shape index (κ2) is 10.6. The normalized spacial score (nSPS) is 12.2. The lowest BCUT2D eigenvalue weighted by molar-refractivity contribution is 0.979. The Labute approximate surface area is 303 Å². The van der Waals surface area contributed by atoms with Crippen LogP contribution in [0.2, 0.25) is 0 Å². The summed E-state index contributed by atoms with van der Waals surface area (Å²) in [7, 11) is 0. The predicted octanol–water partition coefficient (Wildman–Crippen LogP) is 12.1. The first-order valence-corrected chi connectivity index (χ1v) is 18.0. The topological polar surface area (TPSA) is 40.0 Å². The molecule has 246 valence electrons. The Morgan fingerprint density at radius 2 is 0.981 bits per heavy atom. The average molecular weight is 676 g/mol. The molecule has 0 aliphatic heterocycles. The van der Waals surface area contributed by atoms with Crippen LogP contribution in [0, 0.1) is 0 Å². The van der Waals surface area contributed by atoms with Gasteiger partial charge >= 0.3 is 0 Å². The minimum atomic E-state index is 0.824. The smallest absolute Gasteiger partial charge is 0.221 e. The van der Waals surface area contributed by atoms with Crippen molar-refractivity contribution < 1.29 is 0 Å². The first kappa shape index (κ1) is 28.5. The summed E-state index contributed by atoms with van der Waals surface area (Å²) in [4.78, 5) is 10.5. The molecule has 4 heterocycles. The number of nitrogens with zero attached hydrogens (tertiary/aromatic N) is 5. The van der Waals surface area contributed by atoms with E-state index in [2.05, 4.69) is 177 Å². The molecule has 53 heavy (non-hydrogen) atoms. The highest BCUT2D eigenvalue weighted by atomic mass is 15.2. The van der Waals surface area contributed by atoms with E-state index in [0.717, 1.165) is 61.4 Å². The fraction of sp³-hybridized carbons (Fsp3) is 0. The van der Waals surface area contributed by atoms with E-state index in [4.69, 9.17) is 9.97 Å². The van der Waals surface area contributed by atoms with Gasteiger partial charge in [-0.2, -0.15) is 0 Å². The van der Waals surface area contributed by atoms with E-state index >= 15 is 0 Å². The summed E-state index contributed by atoms with van der Waals surface area (Å²) < 4.78 is 6.94. The highest BCUT2D eigenvalue weighted by molar-refractivity contribution is 6.21. The summed E-state index contributed by atoms with van der Waals surface area (Å²) in [6.45, 7) is 0. The van der Waals surface area contributed by atoms with Gasteiger partial charge in [-0.05, 0) is 82.6 Å². The third kappa shape index (κ3) is 3.96. The van der Waals surface area contributed by atoms with Gasteiger partial charge in [-0.1, -0.05) is 115 Å². The summed E-state index contributed by atoms with van der Waals surface area (Å²) >= 11 is 0. The third-order valence-corrected chi connectivity index (χ3v) is 11.0. The highest BCUT2D eigenvalue weighted by Crippen LogP contribution is 2.39. The van der Waals surface area contributed by atoms with E-state index in [0.29, 0.717) is 0 Å². The summed E-state index contributed by atoms with van der Waals surface area (Å²) in [6, 6.07) is 63.0. The van der Waals surface area contributed by atoms with Crippen LogP contribution in [0.15, 0.2) is 176 Å². The van der Waals surface area contributed by atoms with Gasteiger partial charge in [-0.15, -0.1) is 0 Å². The molecule has 0 N–H and O–H groups in total. The molecule has 0 aliphatic rings.